The SMILES string of the molecule is CC/C=C\C/C=C\C/C=C\C/C=C\C/C=C\CCCCCC(=O)OCC(COP(=O)(O)OCC(O)COP(=O)(O)OCC(COC(=O)CCCCCCCC/C=C\C/C=C\C/C=C\CCCCC)OC(=O)C/C=C\C/C=C\C/C=C\C/C=C\C/C=C\CC)OC(=O)CCCCCCC/C=C\CCCCCCCC. The summed E-state index contributed by atoms with van der Waals surface area (Å²) >= 11 is 0. The lowest BCUT2D eigenvalue weighted by Gasteiger charge is -2.21. The molecule has 614 valence electrons. The molecule has 0 amide bonds. The highest BCUT2D eigenvalue weighted by Crippen LogP contribution is 2.45. The first-order valence-corrected chi connectivity index (χ1v) is 44.4. The molecule has 0 saturated heterocycles. The Hall–Kier alpha value is -5.58. The molecule has 0 aromatic carbocycles. The Bertz CT molecular complexity index is 2710. The highest BCUT2D eigenvalue weighted by Gasteiger charge is 2.30. The second-order valence-electron chi connectivity index (χ2n) is 27.0. The molecule has 108 heavy (non-hydrogen) atoms. The predicted molar refractivity (Wildman–Crippen MR) is 445 cm³/mol. The summed E-state index contributed by atoms with van der Waals surface area (Å²) in [5.41, 5.74) is 0. The summed E-state index contributed by atoms with van der Waals surface area (Å²) in [6, 6.07) is 0. The van der Waals surface area contributed by atoms with Gasteiger partial charge in [0.05, 0.1) is 32.8 Å². The van der Waals surface area contributed by atoms with E-state index in [1.54, 1.807) is 12.2 Å². The minimum atomic E-state index is -5.02. The monoisotopic (exact) mass is 1550 g/mol. The molecule has 0 bridgehead atoms. The van der Waals surface area contributed by atoms with Crippen molar-refractivity contribution in [3.63, 3.8) is 0 Å². The van der Waals surface area contributed by atoms with Gasteiger partial charge in [0.2, 0.25) is 0 Å². The maximum atomic E-state index is 13.1. The summed E-state index contributed by atoms with van der Waals surface area (Å²) in [4.78, 5) is 73.1. The van der Waals surface area contributed by atoms with Crippen LogP contribution in [0.15, 0.2) is 170 Å². The molecule has 0 saturated carbocycles. The minimum Gasteiger partial charge on any atom is -0.462 e. The van der Waals surface area contributed by atoms with Crippen LogP contribution in [0.2, 0.25) is 0 Å². The highest BCUT2D eigenvalue weighted by atomic mass is 31.2. The van der Waals surface area contributed by atoms with Crippen LogP contribution in [-0.4, -0.2) is 96.7 Å². The van der Waals surface area contributed by atoms with E-state index in [0.29, 0.717) is 25.7 Å². The summed E-state index contributed by atoms with van der Waals surface area (Å²) in [7, 11) is -10.0. The van der Waals surface area contributed by atoms with Crippen LogP contribution < -0.4 is 0 Å². The van der Waals surface area contributed by atoms with Gasteiger partial charge in [-0.3, -0.25) is 37.3 Å². The summed E-state index contributed by atoms with van der Waals surface area (Å²) in [5.74, 6) is -2.39. The van der Waals surface area contributed by atoms with E-state index in [-0.39, 0.29) is 25.7 Å². The van der Waals surface area contributed by atoms with Crippen LogP contribution in [0, 0.1) is 0 Å². The van der Waals surface area contributed by atoms with Gasteiger partial charge in [-0.25, -0.2) is 9.13 Å². The van der Waals surface area contributed by atoms with Crippen LogP contribution in [0.5, 0.6) is 0 Å². The van der Waals surface area contributed by atoms with Crippen molar-refractivity contribution >= 4 is 39.5 Å². The molecule has 0 spiro atoms. The number of esters is 4. The molecule has 0 aromatic heterocycles. The molecule has 19 heteroatoms. The van der Waals surface area contributed by atoms with Gasteiger partial charge in [-0.15, -0.1) is 0 Å². The number of hydrogen-bond acceptors (Lipinski definition) is 15. The fraction of sp³-hybridized carbons (Fsp3) is 0.640. The van der Waals surface area contributed by atoms with Crippen molar-refractivity contribution in [3.05, 3.63) is 170 Å². The standard InChI is InChI=1S/C89H146O17P2/c1-5-9-13-17-21-25-29-33-37-39-41-43-47-49-53-57-61-65-69-73-86(91)99-79-84(105-88(93)75-71-67-63-59-55-51-45-35-31-27-23-19-15-11-7-3)81-103-107(95,96)101-77-83(90)78-102-108(97,98)104-82-85(106-89(94)76-72-68-64-60-56-52-46-36-32-28-24-20-16-12-8-4)80-100-87(92)74-70-66-62-58-54-50-48-44-42-40-38-34-30-26-22-18-14-10-6-2/h9,12-13,16,21-22,24-26,28,33-38,41-46,49,53,56,60,68,72,83-85,90H,5-8,10-11,14-15,17-20,23,27,29-32,39-40,47-48,50-52,54-55,57-59,61-67,69-71,73-82H2,1-4H3,(H,95,96)(H,97,98)/b13-9-,16-12-,25-21-,26-22-,28-24-,37-33-,38-34-,43-41-,44-42-,45-35-,46-36-,53-49-,60-56-,72-68-. The molecule has 0 aliphatic carbocycles. The molecule has 5 atom stereocenters. The molecule has 0 aliphatic heterocycles. The quantitative estimate of drug-likeness (QED) is 0.0169. The Morgan fingerprint density at radius 3 is 0.861 bits per heavy atom. The third-order valence-electron chi connectivity index (χ3n) is 16.7. The maximum absolute atomic E-state index is 13.1. The zero-order valence-corrected chi connectivity index (χ0v) is 69.0. The highest BCUT2D eigenvalue weighted by molar-refractivity contribution is 7.47. The number of phosphoric acid groups is 2. The van der Waals surface area contributed by atoms with Crippen LogP contribution >= 0.6 is 15.6 Å². The van der Waals surface area contributed by atoms with E-state index in [4.69, 9.17) is 37.0 Å². The van der Waals surface area contributed by atoms with E-state index in [1.165, 1.54) is 57.8 Å². The van der Waals surface area contributed by atoms with E-state index >= 15 is 0 Å². The molecule has 0 heterocycles. The van der Waals surface area contributed by atoms with Gasteiger partial charge in [0.15, 0.2) is 12.2 Å². The number of carbonyl (C=O) groups is 4. The number of hydrogen-bond donors (Lipinski definition) is 3. The third-order valence-corrected chi connectivity index (χ3v) is 18.6. The first kappa shape index (κ1) is 102. The zero-order chi connectivity index (χ0) is 78.9. The predicted octanol–water partition coefficient (Wildman–Crippen LogP) is 24.6. The average molecular weight is 1550 g/mol. The van der Waals surface area contributed by atoms with Crippen LogP contribution in [0.3, 0.4) is 0 Å². The second-order valence-corrected chi connectivity index (χ2v) is 29.9. The summed E-state index contributed by atoms with van der Waals surface area (Å²) in [6.07, 6.45) is 95.0. The van der Waals surface area contributed by atoms with Gasteiger partial charge in [-0.05, 0) is 161 Å². The Balaban J connectivity index is 5.48. The molecule has 0 fully saturated rings. The number of carbonyl (C=O) groups excluding carboxylic acids is 4. The maximum Gasteiger partial charge on any atom is 0.472 e. The number of aliphatic hydroxyl groups excluding tert-OH is 1. The van der Waals surface area contributed by atoms with Gasteiger partial charge in [-0.1, -0.05) is 294 Å². The Morgan fingerprint density at radius 2 is 0.519 bits per heavy atom. The number of aliphatic hydroxyl groups is 1. The van der Waals surface area contributed by atoms with Gasteiger partial charge in [0.25, 0.3) is 0 Å². The Kier molecular flexibility index (Phi) is 75.4. The fourth-order valence-electron chi connectivity index (χ4n) is 10.4. The molecular weight excluding hydrogens is 1400 g/mol. The fourth-order valence-corrected chi connectivity index (χ4v) is 12.0. The molecule has 0 radical (unpaired) electrons. The van der Waals surface area contributed by atoms with Crippen LogP contribution in [0.4, 0.5) is 0 Å². The van der Waals surface area contributed by atoms with Crippen molar-refractivity contribution in [1.29, 1.82) is 0 Å². The van der Waals surface area contributed by atoms with Crippen molar-refractivity contribution in [3.8, 4) is 0 Å². The van der Waals surface area contributed by atoms with E-state index < -0.39 is 97.5 Å². The lowest BCUT2D eigenvalue weighted by molar-refractivity contribution is -0.161. The zero-order valence-electron chi connectivity index (χ0n) is 67.2. The topological polar surface area (TPSA) is 237 Å². The Morgan fingerprint density at radius 1 is 0.278 bits per heavy atom. The van der Waals surface area contributed by atoms with Crippen LogP contribution in [0.1, 0.15) is 310 Å². The summed E-state index contributed by atoms with van der Waals surface area (Å²) < 4.78 is 68.5. The van der Waals surface area contributed by atoms with Crippen molar-refractivity contribution in [1.82, 2.24) is 0 Å². The first-order valence-electron chi connectivity index (χ1n) is 41.4. The van der Waals surface area contributed by atoms with E-state index in [0.717, 1.165) is 173 Å². The lowest BCUT2D eigenvalue weighted by Crippen LogP contribution is -2.30. The van der Waals surface area contributed by atoms with E-state index in [9.17, 15) is 43.2 Å². The van der Waals surface area contributed by atoms with Gasteiger partial charge in [0, 0.05) is 19.3 Å². The molecule has 17 nitrogen and oxygen atoms in total. The largest absolute Gasteiger partial charge is 0.472 e. The number of phosphoric ester groups is 2. The van der Waals surface area contributed by atoms with Crippen molar-refractivity contribution in [2.24, 2.45) is 0 Å². The van der Waals surface area contributed by atoms with Gasteiger partial charge in [0.1, 0.15) is 19.3 Å². The number of rotatable bonds is 76. The summed E-state index contributed by atoms with van der Waals surface area (Å²) in [6.45, 7) is 4.44. The second kappa shape index (κ2) is 79.5. The molecule has 0 aromatic rings. The lowest BCUT2D eigenvalue weighted by atomic mass is 10.1. The van der Waals surface area contributed by atoms with Crippen molar-refractivity contribution in [2.45, 2.75) is 329 Å². The number of unbranched alkanes of at least 4 members (excludes halogenated alkanes) is 23. The van der Waals surface area contributed by atoms with Gasteiger partial charge >= 0.3 is 39.5 Å². The van der Waals surface area contributed by atoms with Gasteiger partial charge < -0.3 is 33.8 Å². The molecule has 0 rings (SSSR count). The van der Waals surface area contributed by atoms with Gasteiger partial charge in [-0.2, -0.15) is 0 Å². The molecule has 3 N–H and O–H groups in total. The molecular formula is C89H146O17P2. The summed E-state index contributed by atoms with van der Waals surface area (Å²) in [5, 5.41) is 10.7. The normalized spacial score (nSPS) is 14.7. The van der Waals surface area contributed by atoms with E-state index in [1.807, 2.05) is 12.2 Å². The third kappa shape index (κ3) is 78.5. The van der Waals surface area contributed by atoms with Crippen molar-refractivity contribution in [2.75, 3.05) is 39.6 Å². The smallest absolute Gasteiger partial charge is 0.462 e. The Labute approximate surface area is 654 Å². The minimum absolute atomic E-state index is 0.0695. The average Bonchev–Trinajstić information content (AvgIpc) is 0.923. The number of ether oxygens (including phenoxy) is 4. The van der Waals surface area contributed by atoms with E-state index in [2.05, 4.69) is 174 Å². The van der Waals surface area contributed by atoms with Crippen molar-refractivity contribution < 1.29 is 80.2 Å². The molecule has 0 aliphatic rings. The first-order chi connectivity index (χ1) is 52.7. The molecule has 5 unspecified atom stereocenters. The van der Waals surface area contributed by atoms with Crippen LogP contribution in [0.25, 0.3) is 0 Å². The van der Waals surface area contributed by atoms with Crippen LogP contribution in [-0.2, 0) is 65.4 Å². The number of allylic oxidation sites excluding steroid dienone is 27.